The Morgan fingerprint density at radius 1 is 1.00 bits per heavy atom. The van der Waals surface area contributed by atoms with Crippen molar-refractivity contribution in [2.24, 2.45) is 0 Å². The molecule has 0 aliphatic rings. The van der Waals surface area contributed by atoms with Gasteiger partial charge in [-0.1, -0.05) is 7.43 Å². The van der Waals surface area contributed by atoms with Crippen LogP contribution in [0.3, 0.4) is 0 Å². The second kappa shape index (κ2) is 3.17. The van der Waals surface area contributed by atoms with E-state index in [1.807, 2.05) is 13.8 Å². The Labute approximate surface area is 56.0 Å². The topological polar surface area (TPSA) is 25.8 Å². The Balaban J connectivity index is 0.000000640. The van der Waals surface area contributed by atoms with Crippen LogP contribution < -0.4 is 0 Å². The average Bonchev–Trinajstić information content (AvgIpc) is 1.77. The van der Waals surface area contributed by atoms with E-state index in [2.05, 4.69) is 9.97 Å². The fraction of sp³-hybridized carbons (Fsp3) is 0.429. The van der Waals surface area contributed by atoms with Gasteiger partial charge in [-0.3, -0.25) is 9.97 Å². The summed E-state index contributed by atoms with van der Waals surface area (Å²) in [6, 6.07) is 0. The molecule has 0 aliphatic heterocycles. The molecule has 0 bridgehead atoms. The van der Waals surface area contributed by atoms with E-state index >= 15 is 0 Å². The van der Waals surface area contributed by atoms with Crippen LogP contribution in [0.5, 0.6) is 0 Å². The Hall–Kier alpha value is -0.920. The molecule has 1 heterocycles. The van der Waals surface area contributed by atoms with Crippen LogP contribution in [0.25, 0.3) is 0 Å². The predicted octanol–water partition coefficient (Wildman–Crippen LogP) is 1.73. The zero-order valence-corrected chi connectivity index (χ0v) is 5.05. The van der Waals surface area contributed by atoms with Crippen molar-refractivity contribution in [2.45, 2.75) is 21.3 Å². The highest BCUT2D eigenvalue weighted by molar-refractivity contribution is 4.97. The summed E-state index contributed by atoms with van der Waals surface area (Å²) in [6.07, 6.45) is 3.52. The Morgan fingerprint density at radius 2 is 1.33 bits per heavy atom. The molecule has 0 aromatic carbocycles. The van der Waals surface area contributed by atoms with Gasteiger partial charge >= 0.3 is 0 Å². The number of hydrogen-bond donors (Lipinski definition) is 0. The summed E-state index contributed by atoms with van der Waals surface area (Å²) >= 11 is 0. The zero-order valence-electron chi connectivity index (χ0n) is 5.05. The monoisotopic (exact) mass is 124 g/mol. The first kappa shape index (κ1) is 8.08. The van der Waals surface area contributed by atoms with E-state index < -0.39 is 0 Å². The standard InChI is InChI=1S/C6H8N2.CH4/c1-5-3-8-6(2)4-7-5;/h3-4H,1-2H3;1H4. The number of aryl methyl sites for hydroxylation is 2. The van der Waals surface area contributed by atoms with E-state index in [0.29, 0.717) is 0 Å². The molecule has 2 heteroatoms. The van der Waals surface area contributed by atoms with Gasteiger partial charge in [0.25, 0.3) is 0 Å². The molecule has 1 aromatic heterocycles. The van der Waals surface area contributed by atoms with Crippen molar-refractivity contribution in [3.05, 3.63) is 23.8 Å². The molecule has 0 spiro atoms. The summed E-state index contributed by atoms with van der Waals surface area (Å²) in [7, 11) is 0. The molecular formula is C7H12N2. The molecule has 0 radical (unpaired) electrons. The second-order valence-corrected chi connectivity index (χ2v) is 1.80. The van der Waals surface area contributed by atoms with Crippen LogP contribution in [0.4, 0.5) is 0 Å². The van der Waals surface area contributed by atoms with Gasteiger partial charge in [-0.2, -0.15) is 0 Å². The van der Waals surface area contributed by atoms with E-state index in [1.54, 1.807) is 12.4 Å². The average molecular weight is 124 g/mol. The van der Waals surface area contributed by atoms with Gasteiger partial charge in [0.1, 0.15) is 0 Å². The van der Waals surface area contributed by atoms with Crippen LogP contribution in [0.15, 0.2) is 12.4 Å². The van der Waals surface area contributed by atoms with Crippen LogP contribution in [-0.4, -0.2) is 9.97 Å². The fourth-order valence-corrected chi connectivity index (χ4v) is 0.457. The molecule has 9 heavy (non-hydrogen) atoms. The van der Waals surface area contributed by atoms with E-state index in [1.165, 1.54) is 0 Å². The Morgan fingerprint density at radius 3 is 1.56 bits per heavy atom. The minimum absolute atomic E-state index is 0. The first-order valence-electron chi connectivity index (χ1n) is 2.54. The van der Waals surface area contributed by atoms with Crippen molar-refractivity contribution in [1.29, 1.82) is 0 Å². The number of nitrogens with zero attached hydrogens (tertiary/aromatic N) is 2. The lowest BCUT2D eigenvalue weighted by molar-refractivity contribution is 1.06. The van der Waals surface area contributed by atoms with Crippen LogP contribution >= 0.6 is 0 Å². The van der Waals surface area contributed by atoms with E-state index in [4.69, 9.17) is 0 Å². The van der Waals surface area contributed by atoms with Crippen molar-refractivity contribution in [3.8, 4) is 0 Å². The molecule has 0 N–H and O–H groups in total. The Bertz CT molecular complexity index is 146. The molecule has 0 fully saturated rings. The molecule has 0 amide bonds. The van der Waals surface area contributed by atoms with Crippen LogP contribution in [0.2, 0.25) is 0 Å². The third-order valence-corrected chi connectivity index (χ3v) is 0.910. The van der Waals surface area contributed by atoms with Crippen molar-refractivity contribution in [2.75, 3.05) is 0 Å². The number of rotatable bonds is 0. The summed E-state index contributed by atoms with van der Waals surface area (Å²) < 4.78 is 0. The van der Waals surface area contributed by atoms with E-state index in [0.717, 1.165) is 11.4 Å². The lowest BCUT2D eigenvalue weighted by Gasteiger charge is -1.88. The van der Waals surface area contributed by atoms with Gasteiger partial charge in [0.2, 0.25) is 0 Å². The largest absolute Gasteiger partial charge is 0.258 e. The third kappa shape index (κ3) is 2.22. The molecule has 1 rings (SSSR count). The molecule has 0 saturated carbocycles. The van der Waals surface area contributed by atoms with Crippen molar-refractivity contribution in [3.63, 3.8) is 0 Å². The smallest absolute Gasteiger partial charge is 0.0555 e. The minimum atomic E-state index is 0. The highest BCUT2D eigenvalue weighted by atomic mass is 14.8. The van der Waals surface area contributed by atoms with Crippen molar-refractivity contribution >= 4 is 0 Å². The summed E-state index contributed by atoms with van der Waals surface area (Å²) in [5, 5.41) is 0. The molecule has 0 unspecified atom stereocenters. The molecule has 1 aromatic rings. The van der Waals surface area contributed by atoms with Gasteiger partial charge in [-0.15, -0.1) is 0 Å². The number of aromatic nitrogens is 2. The molecule has 0 saturated heterocycles. The predicted molar refractivity (Wildman–Crippen MR) is 38.2 cm³/mol. The van der Waals surface area contributed by atoms with Crippen LogP contribution in [0, 0.1) is 13.8 Å². The fourth-order valence-electron chi connectivity index (χ4n) is 0.457. The lowest BCUT2D eigenvalue weighted by Crippen LogP contribution is -1.84. The highest BCUT2D eigenvalue weighted by Crippen LogP contribution is 1.88. The maximum Gasteiger partial charge on any atom is 0.0555 e. The van der Waals surface area contributed by atoms with Crippen LogP contribution in [-0.2, 0) is 0 Å². The zero-order chi connectivity index (χ0) is 5.98. The Kier molecular flexibility index (Phi) is 2.85. The molecule has 0 aliphatic carbocycles. The molecule has 50 valence electrons. The van der Waals surface area contributed by atoms with Gasteiger partial charge in [0.05, 0.1) is 11.4 Å². The summed E-state index contributed by atoms with van der Waals surface area (Å²) in [5.41, 5.74) is 1.94. The maximum absolute atomic E-state index is 4.02. The van der Waals surface area contributed by atoms with Gasteiger partial charge in [-0.25, -0.2) is 0 Å². The van der Waals surface area contributed by atoms with Gasteiger partial charge in [0, 0.05) is 12.4 Å². The van der Waals surface area contributed by atoms with Crippen molar-refractivity contribution < 1.29 is 0 Å². The summed E-state index contributed by atoms with van der Waals surface area (Å²) in [6.45, 7) is 3.85. The number of hydrogen-bond acceptors (Lipinski definition) is 2. The SMILES string of the molecule is C.Cc1cnc(C)cn1. The second-order valence-electron chi connectivity index (χ2n) is 1.80. The third-order valence-electron chi connectivity index (χ3n) is 0.910. The summed E-state index contributed by atoms with van der Waals surface area (Å²) in [5.74, 6) is 0. The summed E-state index contributed by atoms with van der Waals surface area (Å²) in [4.78, 5) is 8.03. The first-order valence-corrected chi connectivity index (χ1v) is 2.54. The molecular weight excluding hydrogens is 112 g/mol. The quantitative estimate of drug-likeness (QED) is 0.526. The van der Waals surface area contributed by atoms with Gasteiger partial charge < -0.3 is 0 Å². The molecule has 2 nitrogen and oxygen atoms in total. The normalized spacial score (nSPS) is 8.22. The van der Waals surface area contributed by atoms with Gasteiger partial charge in [0.15, 0.2) is 0 Å². The molecule has 0 atom stereocenters. The van der Waals surface area contributed by atoms with E-state index in [-0.39, 0.29) is 7.43 Å². The minimum Gasteiger partial charge on any atom is -0.258 e. The van der Waals surface area contributed by atoms with Crippen molar-refractivity contribution in [1.82, 2.24) is 9.97 Å². The lowest BCUT2D eigenvalue weighted by atomic mass is 10.5. The highest BCUT2D eigenvalue weighted by Gasteiger charge is 1.82. The van der Waals surface area contributed by atoms with E-state index in [9.17, 15) is 0 Å². The van der Waals surface area contributed by atoms with Gasteiger partial charge in [-0.05, 0) is 13.8 Å². The maximum atomic E-state index is 4.02. The van der Waals surface area contributed by atoms with Crippen LogP contribution in [0.1, 0.15) is 18.8 Å². The first-order chi connectivity index (χ1) is 3.79.